The Labute approximate surface area is 143 Å². The highest BCUT2D eigenvalue weighted by molar-refractivity contribution is 6.35. The number of anilines is 1. The molecule has 0 fully saturated rings. The number of hydrogen-bond donors (Lipinski definition) is 2. The smallest absolute Gasteiger partial charge is 0.256 e. The van der Waals surface area contributed by atoms with Crippen molar-refractivity contribution in [2.75, 3.05) is 5.32 Å². The number of amides is 1. The Balaban J connectivity index is 1.75. The zero-order valence-electron chi connectivity index (χ0n) is 13.0. The molecule has 0 saturated carbocycles. The van der Waals surface area contributed by atoms with Gasteiger partial charge in [-0.3, -0.25) is 9.59 Å². The average molecular weight is 332 g/mol. The van der Waals surface area contributed by atoms with Crippen LogP contribution in [0.15, 0.2) is 60.8 Å². The third kappa shape index (κ3) is 2.76. The van der Waals surface area contributed by atoms with Gasteiger partial charge in [-0.15, -0.1) is 0 Å². The highest BCUT2D eigenvalue weighted by Gasteiger charge is 2.25. The van der Waals surface area contributed by atoms with Gasteiger partial charge in [-0.25, -0.2) is 4.39 Å². The Bertz CT molecular complexity index is 1000. The van der Waals surface area contributed by atoms with Crippen LogP contribution in [0.4, 0.5) is 10.1 Å². The lowest BCUT2D eigenvalue weighted by Crippen LogP contribution is -2.03. The molecule has 1 amide bonds. The lowest BCUT2D eigenvalue weighted by molar-refractivity contribution is -0.110. The van der Waals surface area contributed by atoms with Crippen LogP contribution < -0.4 is 5.32 Å². The summed E-state index contributed by atoms with van der Waals surface area (Å²) in [4.78, 5) is 27.9. The van der Waals surface area contributed by atoms with Crippen LogP contribution in [0, 0.1) is 5.82 Å². The fourth-order valence-corrected chi connectivity index (χ4v) is 2.83. The molecule has 5 heteroatoms. The molecule has 0 unspecified atom stereocenters. The maximum atomic E-state index is 13.0. The van der Waals surface area contributed by atoms with Crippen molar-refractivity contribution in [3.63, 3.8) is 0 Å². The zero-order valence-corrected chi connectivity index (χ0v) is 13.0. The van der Waals surface area contributed by atoms with E-state index in [0.717, 1.165) is 5.69 Å². The second kappa shape index (κ2) is 5.87. The Kier molecular flexibility index (Phi) is 3.54. The largest absolute Gasteiger partial charge is 0.362 e. The van der Waals surface area contributed by atoms with Crippen LogP contribution in [0.1, 0.15) is 27.2 Å². The van der Waals surface area contributed by atoms with Gasteiger partial charge in [-0.1, -0.05) is 0 Å². The number of hydrogen-bond acceptors (Lipinski definition) is 2. The second-order valence-corrected chi connectivity index (χ2v) is 5.73. The predicted molar refractivity (Wildman–Crippen MR) is 93.6 cm³/mol. The maximum Gasteiger partial charge on any atom is 0.256 e. The number of aromatic amines is 1. The summed E-state index contributed by atoms with van der Waals surface area (Å²) in [5, 5.41) is 2.79. The molecule has 2 aromatic carbocycles. The number of H-pyrrole nitrogens is 1. The van der Waals surface area contributed by atoms with Crippen LogP contribution in [-0.2, 0) is 4.79 Å². The molecule has 2 N–H and O–H groups in total. The number of halogens is 1. The number of rotatable bonds is 3. The molecule has 0 spiro atoms. The van der Waals surface area contributed by atoms with Crippen molar-refractivity contribution in [2.24, 2.45) is 0 Å². The van der Waals surface area contributed by atoms with Crippen molar-refractivity contribution in [2.45, 2.75) is 0 Å². The van der Waals surface area contributed by atoms with Crippen LogP contribution in [0.2, 0.25) is 0 Å². The lowest BCUT2D eigenvalue weighted by Gasteiger charge is -2.04. The van der Waals surface area contributed by atoms with E-state index in [0.29, 0.717) is 28.0 Å². The number of carbonyl (C=O) groups excluding carboxylic acids is 2. The molecule has 0 saturated heterocycles. The van der Waals surface area contributed by atoms with Gasteiger partial charge in [0.05, 0.1) is 5.57 Å². The summed E-state index contributed by atoms with van der Waals surface area (Å²) in [5.74, 6) is -0.825. The number of ketones is 1. The third-order valence-electron chi connectivity index (χ3n) is 4.09. The predicted octanol–water partition coefficient (Wildman–Crippen LogP) is 3.88. The van der Waals surface area contributed by atoms with E-state index in [9.17, 15) is 14.0 Å². The molecule has 0 aliphatic carbocycles. The van der Waals surface area contributed by atoms with E-state index in [1.54, 1.807) is 30.5 Å². The number of benzene rings is 2. The molecule has 4 rings (SSSR count). The van der Waals surface area contributed by atoms with Crippen LogP contribution in [-0.4, -0.2) is 16.7 Å². The normalized spacial score (nSPS) is 14.4. The quantitative estimate of drug-likeness (QED) is 0.565. The summed E-state index contributed by atoms with van der Waals surface area (Å²) in [7, 11) is 0. The topological polar surface area (TPSA) is 62.0 Å². The molecule has 122 valence electrons. The Hall–Kier alpha value is -3.47. The first-order chi connectivity index (χ1) is 12.1. The molecule has 0 bridgehead atoms. The minimum atomic E-state index is -0.392. The van der Waals surface area contributed by atoms with Crippen molar-refractivity contribution in [3.05, 3.63) is 89.0 Å². The van der Waals surface area contributed by atoms with E-state index in [1.807, 2.05) is 12.1 Å². The lowest BCUT2D eigenvalue weighted by atomic mass is 9.98. The molecular weight excluding hydrogens is 319 g/mol. The van der Waals surface area contributed by atoms with E-state index in [1.165, 1.54) is 24.3 Å². The average Bonchev–Trinajstić information content (AvgIpc) is 3.23. The number of fused-ring (bicyclic) bond motifs is 1. The fourth-order valence-electron chi connectivity index (χ4n) is 2.83. The van der Waals surface area contributed by atoms with E-state index < -0.39 is 5.82 Å². The van der Waals surface area contributed by atoms with Crippen molar-refractivity contribution >= 4 is 29.0 Å². The van der Waals surface area contributed by atoms with Crippen LogP contribution >= 0.6 is 0 Å². The van der Waals surface area contributed by atoms with Crippen LogP contribution in [0.3, 0.4) is 0 Å². The van der Waals surface area contributed by atoms with Gasteiger partial charge in [0.2, 0.25) is 0 Å². The Morgan fingerprint density at radius 1 is 1.00 bits per heavy atom. The monoisotopic (exact) mass is 332 g/mol. The molecule has 0 radical (unpaired) electrons. The van der Waals surface area contributed by atoms with Gasteiger partial charge >= 0.3 is 0 Å². The van der Waals surface area contributed by atoms with Gasteiger partial charge in [-0.05, 0) is 60.7 Å². The molecule has 25 heavy (non-hydrogen) atoms. The van der Waals surface area contributed by atoms with Gasteiger partial charge in [0, 0.05) is 34.3 Å². The van der Waals surface area contributed by atoms with Gasteiger partial charge in [-0.2, -0.15) is 0 Å². The molecule has 1 aliphatic heterocycles. The van der Waals surface area contributed by atoms with E-state index in [2.05, 4.69) is 10.3 Å². The molecule has 0 atom stereocenters. The molecule has 2 heterocycles. The van der Waals surface area contributed by atoms with Gasteiger partial charge < -0.3 is 10.3 Å². The van der Waals surface area contributed by atoms with Crippen molar-refractivity contribution in [1.82, 2.24) is 4.98 Å². The highest BCUT2D eigenvalue weighted by atomic mass is 19.1. The number of nitrogens with one attached hydrogen (secondary N) is 2. The van der Waals surface area contributed by atoms with Crippen LogP contribution in [0.5, 0.6) is 0 Å². The van der Waals surface area contributed by atoms with Crippen LogP contribution in [0.25, 0.3) is 11.6 Å². The van der Waals surface area contributed by atoms with Crippen molar-refractivity contribution < 1.29 is 14.0 Å². The Morgan fingerprint density at radius 2 is 1.76 bits per heavy atom. The first kappa shape index (κ1) is 15.1. The zero-order chi connectivity index (χ0) is 17.4. The fraction of sp³-hybridized carbons (Fsp3) is 0. The maximum absolute atomic E-state index is 13.0. The first-order valence-corrected chi connectivity index (χ1v) is 7.73. The standard InChI is InChI=1S/C20H13FN2O2/c21-14-6-3-12(4-7-14)19(24)13-5-8-18-16(10-13)17(20(25)23-18)11-15-2-1-9-22-15/h1-11,22H,(H,23,25)/b17-11-. The van der Waals surface area contributed by atoms with Gasteiger partial charge in [0.25, 0.3) is 5.91 Å². The summed E-state index contributed by atoms with van der Waals surface area (Å²) >= 11 is 0. The molecule has 1 aliphatic rings. The summed E-state index contributed by atoms with van der Waals surface area (Å²) in [6.07, 6.45) is 3.52. The van der Waals surface area contributed by atoms with E-state index >= 15 is 0 Å². The minimum absolute atomic E-state index is 0.212. The Morgan fingerprint density at radius 3 is 2.48 bits per heavy atom. The third-order valence-corrected chi connectivity index (χ3v) is 4.09. The van der Waals surface area contributed by atoms with Gasteiger partial charge in [0.1, 0.15) is 5.82 Å². The van der Waals surface area contributed by atoms with Crippen molar-refractivity contribution in [3.8, 4) is 0 Å². The van der Waals surface area contributed by atoms with E-state index in [-0.39, 0.29) is 11.7 Å². The highest BCUT2D eigenvalue weighted by Crippen LogP contribution is 2.34. The molecule has 3 aromatic rings. The first-order valence-electron chi connectivity index (χ1n) is 7.73. The second-order valence-electron chi connectivity index (χ2n) is 5.73. The van der Waals surface area contributed by atoms with E-state index in [4.69, 9.17) is 0 Å². The number of carbonyl (C=O) groups is 2. The van der Waals surface area contributed by atoms with Gasteiger partial charge in [0.15, 0.2) is 5.78 Å². The molecular formula is C20H13FN2O2. The minimum Gasteiger partial charge on any atom is -0.362 e. The molecule has 1 aromatic heterocycles. The summed E-state index contributed by atoms with van der Waals surface area (Å²) in [5.41, 5.74) is 3.47. The molecule has 4 nitrogen and oxygen atoms in total. The summed E-state index contributed by atoms with van der Waals surface area (Å²) in [6.45, 7) is 0. The van der Waals surface area contributed by atoms with Crippen molar-refractivity contribution in [1.29, 1.82) is 0 Å². The summed E-state index contributed by atoms with van der Waals surface area (Å²) < 4.78 is 13.0. The number of aromatic nitrogens is 1. The summed E-state index contributed by atoms with van der Waals surface area (Å²) in [6, 6.07) is 14.1. The SMILES string of the molecule is O=C1Nc2ccc(C(=O)c3ccc(F)cc3)cc2/C1=C/c1ccc[nH]1.